The first-order valence-electron chi connectivity index (χ1n) is 11.2. The average molecular weight is 641 g/mol. The molecule has 5 rings (SSSR count). The number of rotatable bonds is 7. The zero-order valence-electron chi connectivity index (χ0n) is 20.1. The standard InChI is InChI=1S/C27H18BrN2O6PS2/c1-39(33,34)22-11-10-17-12-23-26(30-24(17)15-22)18(16-29)13-25(27(23)31)36-37(32,38-21-8-3-2-4-9-21)35-20-7-5-6-19(28)14-20/h2-15,31H,1H3. The molecule has 1 unspecified atom stereocenters. The first-order chi connectivity index (χ1) is 18.5. The molecule has 0 amide bonds. The van der Waals surface area contributed by atoms with Gasteiger partial charge in [0.2, 0.25) is 0 Å². The number of hydrogen-bond acceptors (Lipinski definition) is 9. The summed E-state index contributed by atoms with van der Waals surface area (Å²) >= 11 is 4.21. The van der Waals surface area contributed by atoms with E-state index in [1.165, 1.54) is 18.2 Å². The molecule has 1 heterocycles. The molecule has 0 fully saturated rings. The SMILES string of the molecule is CS(=O)(=O)c1ccc2cc3c(O)c(OP(=O)(Oc4cccc(Br)c4)Sc4ccccc4)cc(C#N)c3nc2c1. The molecule has 196 valence electrons. The zero-order valence-corrected chi connectivity index (χ0v) is 24.2. The van der Waals surface area contributed by atoms with E-state index in [1.54, 1.807) is 60.7 Å². The Labute approximate surface area is 236 Å². The number of sulfone groups is 1. The second-order valence-corrected chi connectivity index (χ2v) is 15.1. The molecule has 8 nitrogen and oxygen atoms in total. The molecular formula is C27H18BrN2O6PS2. The lowest BCUT2D eigenvalue weighted by Gasteiger charge is -2.20. The molecule has 1 atom stereocenters. The summed E-state index contributed by atoms with van der Waals surface area (Å²) in [4.78, 5) is 5.13. The van der Waals surface area contributed by atoms with Crippen LogP contribution in [-0.4, -0.2) is 24.8 Å². The Kier molecular flexibility index (Phi) is 7.31. The van der Waals surface area contributed by atoms with Crippen molar-refractivity contribution in [3.63, 3.8) is 0 Å². The predicted octanol–water partition coefficient (Wildman–Crippen LogP) is 7.49. The van der Waals surface area contributed by atoms with Gasteiger partial charge in [-0.05, 0) is 48.5 Å². The van der Waals surface area contributed by atoms with Gasteiger partial charge in [0.15, 0.2) is 21.3 Å². The average Bonchev–Trinajstić information content (AvgIpc) is 2.89. The summed E-state index contributed by atoms with van der Waals surface area (Å²) in [5.74, 6) is -0.349. The lowest BCUT2D eigenvalue weighted by Crippen LogP contribution is -2.00. The van der Waals surface area contributed by atoms with Crippen LogP contribution >= 0.6 is 34.1 Å². The highest BCUT2D eigenvalue weighted by Crippen LogP contribution is 2.63. The lowest BCUT2D eigenvalue weighted by atomic mass is 10.1. The van der Waals surface area contributed by atoms with Crippen LogP contribution in [-0.2, 0) is 14.4 Å². The Balaban J connectivity index is 1.63. The van der Waals surface area contributed by atoms with Gasteiger partial charge in [0.1, 0.15) is 11.8 Å². The van der Waals surface area contributed by atoms with Crippen molar-refractivity contribution < 1.29 is 27.1 Å². The highest BCUT2D eigenvalue weighted by Gasteiger charge is 2.33. The summed E-state index contributed by atoms with van der Waals surface area (Å²) in [6.45, 7) is -4.07. The number of nitrogens with zero attached hydrogens (tertiary/aromatic N) is 2. The molecule has 1 N–H and O–H groups in total. The molecule has 39 heavy (non-hydrogen) atoms. The van der Waals surface area contributed by atoms with Crippen molar-refractivity contribution in [1.82, 2.24) is 4.98 Å². The largest absolute Gasteiger partial charge is 0.504 e. The summed E-state index contributed by atoms with van der Waals surface area (Å²) in [6.07, 6.45) is 1.09. The first kappa shape index (κ1) is 27.0. The van der Waals surface area contributed by atoms with Crippen LogP contribution in [0.2, 0.25) is 0 Å². The van der Waals surface area contributed by atoms with Gasteiger partial charge in [0, 0.05) is 43.8 Å². The Morgan fingerprint density at radius 3 is 2.46 bits per heavy atom. The van der Waals surface area contributed by atoms with E-state index in [2.05, 4.69) is 20.9 Å². The number of halogens is 1. The Morgan fingerprint density at radius 2 is 1.77 bits per heavy atom. The summed E-state index contributed by atoms with van der Waals surface area (Å²) in [7, 11) is -3.48. The highest BCUT2D eigenvalue weighted by atomic mass is 79.9. The number of benzene rings is 4. The topological polar surface area (TPSA) is 127 Å². The van der Waals surface area contributed by atoms with Gasteiger partial charge in [0.25, 0.3) is 0 Å². The lowest BCUT2D eigenvalue weighted by molar-refractivity contribution is 0.389. The fraction of sp³-hybridized carbons (Fsp3) is 0.0370. The van der Waals surface area contributed by atoms with Crippen LogP contribution in [0, 0.1) is 11.3 Å². The molecule has 0 saturated heterocycles. The number of aromatic nitrogens is 1. The normalized spacial score (nSPS) is 13.1. The number of phenols is 1. The van der Waals surface area contributed by atoms with E-state index in [9.17, 15) is 23.4 Å². The van der Waals surface area contributed by atoms with Gasteiger partial charge in [-0.15, -0.1) is 0 Å². The van der Waals surface area contributed by atoms with Gasteiger partial charge in [-0.2, -0.15) is 5.26 Å². The number of hydrogen-bond donors (Lipinski definition) is 1. The maximum absolute atomic E-state index is 14.1. The number of pyridine rings is 1. The molecule has 0 saturated carbocycles. The van der Waals surface area contributed by atoms with Crippen LogP contribution in [0.1, 0.15) is 5.56 Å². The minimum absolute atomic E-state index is 0.0307. The van der Waals surface area contributed by atoms with Gasteiger partial charge in [-0.25, -0.2) is 18.0 Å². The van der Waals surface area contributed by atoms with E-state index in [0.717, 1.165) is 17.6 Å². The molecule has 0 spiro atoms. The van der Waals surface area contributed by atoms with Crippen molar-refractivity contribution in [2.75, 3.05) is 6.26 Å². The van der Waals surface area contributed by atoms with Gasteiger partial charge in [0.05, 0.1) is 21.5 Å². The summed E-state index contributed by atoms with van der Waals surface area (Å²) < 4.78 is 50.5. The molecule has 0 aliphatic heterocycles. The van der Waals surface area contributed by atoms with Crippen LogP contribution in [0.25, 0.3) is 21.8 Å². The molecule has 0 bridgehead atoms. The summed E-state index contributed by atoms with van der Waals surface area (Å²) in [6, 6.07) is 24.8. The van der Waals surface area contributed by atoms with Crippen molar-refractivity contribution in [2.24, 2.45) is 0 Å². The van der Waals surface area contributed by atoms with E-state index in [-0.39, 0.29) is 32.9 Å². The maximum Gasteiger partial charge on any atom is 0.497 e. The summed E-state index contributed by atoms with van der Waals surface area (Å²) in [5, 5.41) is 21.8. The van der Waals surface area contributed by atoms with Crippen molar-refractivity contribution in [3.05, 3.63) is 95.0 Å². The van der Waals surface area contributed by atoms with Gasteiger partial charge < -0.3 is 14.2 Å². The Hall–Kier alpha value is -3.55. The molecule has 12 heteroatoms. The number of fused-ring (bicyclic) bond motifs is 2. The predicted molar refractivity (Wildman–Crippen MR) is 154 cm³/mol. The Bertz CT molecular complexity index is 1950. The molecule has 0 radical (unpaired) electrons. The van der Waals surface area contributed by atoms with Crippen molar-refractivity contribution in [1.29, 1.82) is 5.26 Å². The fourth-order valence-corrected chi connectivity index (χ4v) is 8.04. The molecule has 1 aromatic heterocycles. The number of nitriles is 1. The third-order valence-electron chi connectivity index (χ3n) is 5.54. The van der Waals surface area contributed by atoms with Crippen LogP contribution in [0.3, 0.4) is 0 Å². The number of aromatic hydroxyl groups is 1. The third kappa shape index (κ3) is 5.89. The van der Waals surface area contributed by atoms with Crippen LogP contribution < -0.4 is 9.05 Å². The van der Waals surface area contributed by atoms with Crippen LogP contribution in [0.5, 0.6) is 17.2 Å². The quantitative estimate of drug-likeness (QED) is 0.142. The maximum atomic E-state index is 14.1. The Morgan fingerprint density at radius 1 is 1.00 bits per heavy atom. The molecule has 5 aromatic rings. The number of phenolic OH excluding ortho intramolecular Hbond substituents is 1. The van der Waals surface area contributed by atoms with Crippen molar-refractivity contribution >= 4 is 65.8 Å². The van der Waals surface area contributed by atoms with Crippen LogP contribution in [0.15, 0.2) is 99.2 Å². The minimum Gasteiger partial charge on any atom is -0.504 e. The van der Waals surface area contributed by atoms with Gasteiger partial charge >= 0.3 is 6.80 Å². The van der Waals surface area contributed by atoms with E-state index in [1.807, 2.05) is 12.1 Å². The minimum atomic E-state index is -4.07. The third-order valence-corrected chi connectivity index (χ3v) is 10.5. The molecule has 0 aliphatic rings. The molecule has 0 aliphatic carbocycles. The van der Waals surface area contributed by atoms with Crippen molar-refractivity contribution in [2.45, 2.75) is 9.79 Å². The monoisotopic (exact) mass is 640 g/mol. The highest BCUT2D eigenvalue weighted by molar-refractivity contribution is 9.10. The fourth-order valence-electron chi connectivity index (χ4n) is 3.76. The molecular weight excluding hydrogens is 623 g/mol. The first-order valence-corrected chi connectivity index (χ1v) is 16.9. The van der Waals surface area contributed by atoms with E-state index in [0.29, 0.717) is 20.3 Å². The van der Waals surface area contributed by atoms with Gasteiger partial charge in [-0.3, -0.25) is 0 Å². The zero-order chi connectivity index (χ0) is 27.8. The van der Waals surface area contributed by atoms with E-state index >= 15 is 0 Å². The van der Waals surface area contributed by atoms with Crippen LogP contribution in [0.4, 0.5) is 0 Å². The molecule has 4 aromatic carbocycles. The van der Waals surface area contributed by atoms with E-state index < -0.39 is 22.4 Å². The second-order valence-electron chi connectivity index (χ2n) is 8.39. The summed E-state index contributed by atoms with van der Waals surface area (Å²) in [5.41, 5.74) is 0.500. The van der Waals surface area contributed by atoms with Gasteiger partial charge in [-0.1, -0.05) is 46.3 Å². The smallest absolute Gasteiger partial charge is 0.497 e. The van der Waals surface area contributed by atoms with E-state index in [4.69, 9.17) is 9.05 Å². The van der Waals surface area contributed by atoms with Crippen molar-refractivity contribution in [3.8, 4) is 23.3 Å². The second kappa shape index (κ2) is 10.5.